The number of pyridine rings is 1. The van der Waals surface area contributed by atoms with Crippen molar-refractivity contribution in [3.05, 3.63) is 52.6 Å². The number of nitrogens with zero attached hydrogens (tertiary/aromatic N) is 4. The molecule has 0 aliphatic carbocycles. The molecule has 2 aliphatic heterocycles. The minimum absolute atomic E-state index is 0.143. The number of nitrogens with one attached hydrogen (secondary N) is 1. The summed E-state index contributed by atoms with van der Waals surface area (Å²) in [5.74, 6) is -0.0890. The van der Waals surface area contributed by atoms with E-state index in [9.17, 15) is 9.59 Å². The Kier molecular flexibility index (Phi) is 6.34. The topological polar surface area (TPSA) is 68.8 Å². The van der Waals surface area contributed by atoms with Gasteiger partial charge in [-0.3, -0.25) is 9.59 Å². The Morgan fingerprint density at radius 1 is 1.17 bits per heavy atom. The highest BCUT2D eigenvalue weighted by Crippen LogP contribution is 2.28. The normalized spacial score (nSPS) is 19.9. The average Bonchev–Trinajstić information content (AvgIpc) is 3.14. The minimum atomic E-state index is -0.646. The summed E-state index contributed by atoms with van der Waals surface area (Å²) < 4.78 is 0.911. The van der Waals surface area contributed by atoms with Crippen LogP contribution in [0.2, 0.25) is 0 Å². The first kappa shape index (κ1) is 20.8. The highest BCUT2D eigenvalue weighted by molar-refractivity contribution is 9.10. The van der Waals surface area contributed by atoms with Gasteiger partial charge in [-0.15, -0.1) is 0 Å². The van der Waals surface area contributed by atoms with Crippen LogP contribution in [0.4, 0.5) is 11.5 Å². The number of halogens is 1. The number of anilines is 2. The van der Waals surface area contributed by atoms with Crippen LogP contribution in [-0.4, -0.2) is 61.5 Å². The largest absolute Gasteiger partial charge is 0.354 e. The van der Waals surface area contributed by atoms with Gasteiger partial charge in [0.15, 0.2) is 0 Å². The van der Waals surface area contributed by atoms with Gasteiger partial charge in [-0.1, -0.05) is 28.1 Å². The molecule has 1 N–H and O–H groups in total. The van der Waals surface area contributed by atoms with E-state index in [0.29, 0.717) is 19.5 Å². The van der Waals surface area contributed by atoms with E-state index in [1.165, 1.54) is 0 Å². The molecule has 2 aliphatic rings. The number of hydrogen-bond acceptors (Lipinski definition) is 5. The number of carbonyl (C=O) groups excluding carboxylic acids is 2. The van der Waals surface area contributed by atoms with E-state index in [-0.39, 0.29) is 11.8 Å². The van der Waals surface area contributed by atoms with Crippen LogP contribution in [0.1, 0.15) is 12.0 Å². The Morgan fingerprint density at radius 2 is 1.97 bits per heavy atom. The van der Waals surface area contributed by atoms with E-state index in [1.54, 1.807) is 11.1 Å². The van der Waals surface area contributed by atoms with Crippen molar-refractivity contribution in [2.45, 2.75) is 13.0 Å². The van der Waals surface area contributed by atoms with Crippen molar-refractivity contribution >= 4 is 39.2 Å². The molecule has 2 fully saturated rings. The van der Waals surface area contributed by atoms with Gasteiger partial charge in [0.05, 0.1) is 0 Å². The lowest BCUT2D eigenvalue weighted by molar-refractivity contribution is -0.132. The first-order chi connectivity index (χ1) is 14.5. The Bertz CT molecular complexity index is 929. The SMILES string of the molecule is CN1CCN(c2ncccc2CNC(=O)C2CCN(c3cccc(Br)c3)C2=O)CC1. The lowest BCUT2D eigenvalue weighted by Gasteiger charge is -2.34. The molecule has 4 rings (SSSR count). The Morgan fingerprint density at radius 3 is 2.73 bits per heavy atom. The van der Waals surface area contributed by atoms with E-state index in [4.69, 9.17) is 0 Å². The van der Waals surface area contributed by atoms with Gasteiger partial charge >= 0.3 is 0 Å². The maximum absolute atomic E-state index is 12.8. The summed E-state index contributed by atoms with van der Waals surface area (Å²) >= 11 is 3.44. The maximum atomic E-state index is 12.8. The van der Waals surface area contributed by atoms with Crippen LogP contribution in [0.15, 0.2) is 47.1 Å². The second kappa shape index (κ2) is 9.14. The average molecular weight is 472 g/mol. The van der Waals surface area contributed by atoms with Gasteiger partial charge < -0.3 is 20.0 Å². The molecule has 0 radical (unpaired) electrons. The van der Waals surface area contributed by atoms with Crippen LogP contribution in [-0.2, 0) is 16.1 Å². The van der Waals surface area contributed by atoms with Crippen LogP contribution < -0.4 is 15.1 Å². The smallest absolute Gasteiger partial charge is 0.239 e. The van der Waals surface area contributed by atoms with Crippen molar-refractivity contribution in [3.63, 3.8) is 0 Å². The van der Waals surface area contributed by atoms with Crippen molar-refractivity contribution in [3.8, 4) is 0 Å². The first-order valence-corrected chi connectivity index (χ1v) is 11.0. The van der Waals surface area contributed by atoms with Crippen LogP contribution in [0, 0.1) is 5.92 Å². The van der Waals surface area contributed by atoms with Crippen molar-refractivity contribution in [1.29, 1.82) is 0 Å². The first-order valence-electron chi connectivity index (χ1n) is 10.2. The molecule has 1 aromatic heterocycles. The van der Waals surface area contributed by atoms with Gasteiger partial charge in [0.25, 0.3) is 0 Å². The Balaban J connectivity index is 1.39. The number of rotatable bonds is 5. The molecule has 1 aromatic carbocycles. The van der Waals surface area contributed by atoms with Gasteiger partial charge in [0, 0.05) is 61.2 Å². The number of hydrogen-bond donors (Lipinski definition) is 1. The number of likely N-dealkylation sites (N-methyl/N-ethyl adjacent to an activating group) is 1. The van der Waals surface area contributed by atoms with E-state index in [1.807, 2.05) is 36.4 Å². The molecule has 1 unspecified atom stereocenters. The predicted molar refractivity (Wildman–Crippen MR) is 120 cm³/mol. The zero-order chi connectivity index (χ0) is 21.1. The summed E-state index contributed by atoms with van der Waals surface area (Å²) in [6.07, 6.45) is 2.31. The zero-order valence-corrected chi connectivity index (χ0v) is 18.6. The minimum Gasteiger partial charge on any atom is -0.354 e. The molecule has 2 aromatic rings. The summed E-state index contributed by atoms with van der Waals surface area (Å²) in [6, 6.07) is 11.5. The van der Waals surface area contributed by atoms with Crippen LogP contribution in [0.5, 0.6) is 0 Å². The lowest BCUT2D eigenvalue weighted by atomic mass is 10.1. The fraction of sp³-hybridized carbons (Fsp3) is 0.409. The molecule has 0 spiro atoms. The molecule has 1 atom stereocenters. The molecular formula is C22H26BrN5O2. The number of benzene rings is 1. The summed E-state index contributed by atoms with van der Waals surface area (Å²) in [7, 11) is 2.12. The molecular weight excluding hydrogens is 446 g/mol. The zero-order valence-electron chi connectivity index (χ0n) is 17.1. The molecule has 158 valence electrons. The number of aromatic nitrogens is 1. The number of carbonyl (C=O) groups is 2. The maximum Gasteiger partial charge on any atom is 0.239 e. The van der Waals surface area contributed by atoms with Gasteiger partial charge in [0.2, 0.25) is 11.8 Å². The highest BCUT2D eigenvalue weighted by atomic mass is 79.9. The van der Waals surface area contributed by atoms with Gasteiger partial charge in [0.1, 0.15) is 11.7 Å². The molecule has 0 bridgehead atoms. The van der Waals surface area contributed by atoms with Crippen LogP contribution in [0.3, 0.4) is 0 Å². The molecule has 2 amide bonds. The summed E-state index contributed by atoms with van der Waals surface area (Å²) in [4.78, 5) is 36.4. The van der Waals surface area contributed by atoms with Crippen molar-refractivity contribution < 1.29 is 9.59 Å². The molecule has 30 heavy (non-hydrogen) atoms. The summed E-state index contributed by atoms with van der Waals surface area (Å²) in [5.41, 5.74) is 1.79. The van der Waals surface area contributed by atoms with E-state index in [2.05, 4.69) is 43.1 Å². The number of amides is 2. The van der Waals surface area contributed by atoms with E-state index >= 15 is 0 Å². The standard InChI is InChI=1S/C22H26BrN5O2/c1-26-10-12-27(13-11-26)20-16(4-3-8-24-20)15-25-21(29)19-7-9-28(22(19)30)18-6-2-5-17(23)14-18/h2-6,8,14,19H,7,9-13,15H2,1H3,(H,25,29). The Hall–Kier alpha value is -2.45. The van der Waals surface area contributed by atoms with E-state index < -0.39 is 5.92 Å². The van der Waals surface area contributed by atoms with Crippen LogP contribution in [0.25, 0.3) is 0 Å². The Labute approximate surface area is 185 Å². The third kappa shape index (κ3) is 4.49. The third-order valence-electron chi connectivity index (χ3n) is 5.77. The second-order valence-corrected chi connectivity index (χ2v) is 8.72. The van der Waals surface area contributed by atoms with Gasteiger partial charge in [-0.25, -0.2) is 4.98 Å². The highest BCUT2D eigenvalue weighted by Gasteiger charge is 2.37. The predicted octanol–water partition coefficient (Wildman–Crippen LogP) is 2.27. The quantitative estimate of drug-likeness (QED) is 0.677. The fourth-order valence-electron chi connectivity index (χ4n) is 4.00. The monoisotopic (exact) mass is 471 g/mol. The lowest BCUT2D eigenvalue weighted by Crippen LogP contribution is -2.45. The van der Waals surface area contributed by atoms with Crippen molar-refractivity contribution in [2.75, 3.05) is 49.6 Å². The fourth-order valence-corrected chi connectivity index (χ4v) is 4.39. The molecule has 8 heteroatoms. The van der Waals surface area contributed by atoms with E-state index in [0.717, 1.165) is 47.7 Å². The second-order valence-electron chi connectivity index (χ2n) is 7.81. The molecule has 3 heterocycles. The third-order valence-corrected chi connectivity index (χ3v) is 6.26. The van der Waals surface area contributed by atoms with Gasteiger partial charge in [-0.2, -0.15) is 0 Å². The van der Waals surface area contributed by atoms with Crippen molar-refractivity contribution in [2.24, 2.45) is 5.92 Å². The summed E-state index contributed by atoms with van der Waals surface area (Å²) in [5, 5.41) is 2.97. The molecule has 2 saturated heterocycles. The van der Waals surface area contributed by atoms with Gasteiger partial charge in [-0.05, 0) is 37.7 Å². The number of piperazine rings is 1. The van der Waals surface area contributed by atoms with Crippen molar-refractivity contribution in [1.82, 2.24) is 15.2 Å². The molecule has 0 saturated carbocycles. The van der Waals surface area contributed by atoms with Crippen LogP contribution >= 0.6 is 15.9 Å². The summed E-state index contributed by atoms with van der Waals surface area (Å²) in [6.45, 7) is 4.73. The molecule has 7 nitrogen and oxygen atoms in total.